The van der Waals surface area contributed by atoms with Crippen molar-refractivity contribution >= 4 is 55.1 Å². The lowest BCUT2D eigenvalue weighted by atomic mass is 10.4. The molecule has 0 aliphatic carbocycles. The summed E-state index contributed by atoms with van der Waals surface area (Å²) in [6.45, 7) is 2.30. The number of aromatic nitrogens is 3. The van der Waals surface area contributed by atoms with E-state index in [-0.39, 0.29) is 17.9 Å². The molecule has 0 aromatic carbocycles. The first-order valence-corrected chi connectivity index (χ1v) is 7.31. The van der Waals surface area contributed by atoms with Gasteiger partial charge in [-0.25, -0.2) is 5.10 Å². The molecule has 9 heteroatoms. The summed E-state index contributed by atoms with van der Waals surface area (Å²) in [5.41, 5.74) is 0. The fourth-order valence-electron chi connectivity index (χ4n) is 1.12. The van der Waals surface area contributed by atoms with Crippen molar-refractivity contribution in [2.45, 2.75) is 6.92 Å². The van der Waals surface area contributed by atoms with E-state index in [4.69, 9.17) is 4.74 Å². The maximum atomic E-state index is 11.9. The Kier molecular flexibility index (Phi) is 4.36. The van der Waals surface area contributed by atoms with Gasteiger partial charge in [0.25, 0.3) is 5.91 Å². The lowest BCUT2D eigenvalue weighted by molar-refractivity contribution is 0.102. The number of hydrogen-bond donors (Lipinski definition) is 2. The first-order chi connectivity index (χ1) is 8.60. The Morgan fingerprint density at radius 3 is 3.00 bits per heavy atom. The minimum absolute atomic E-state index is 0.210. The second-order valence-electron chi connectivity index (χ2n) is 3.09. The van der Waals surface area contributed by atoms with Crippen molar-refractivity contribution in [1.29, 1.82) is 0 Å². The molecule has 2 aromatic rings. The van der Waals surface area contributed by atoms with Crippen molar-refractivity contribution in [3.05, 3.63) is 19.2 Å². The number of H-pyrrole nitrogens is 1. The van der Waals surface area contributed by atoms with Crippen LogP contribution in [0.15, 0.2) is 14.3 Å². The van der Waals surface area contributed by atoms with Gasteiger partial charge in [-0.15, -0.1) is 16.4 Å². The molecule has 0 atom stereocenters. The molecule has 0 aliphatic heterocycles. The number of nitrogens with zero attached hydrogens (tertiary/aromatic N) is 2. The minimum Gasteiger partial charge on any atom is -0.463 e. The van der Waals surface area contributed by atoms with E-state index in [0.29, 0.717) is 11.5 Å². The monoisotopic (exact) mass is 394 g/mol. The fraction of sp³-hybridized carbons (Fsp3) is 0.222. The van der Waals surface area contributed by atoms with Crippen molar-refractivity contribution < 1.29 is 9.53 Å². The predicted molar refractivity (Wildman–Crippen MR) is 75.2 cm³/mol. The van der Waals surface area contributed by atoms with Crippen LogP contribution in [0.25, 0.3) is 0 Å². The molecule has 2 aromatic heterocycles. The van der Waals surface area contributed by atoms with Crippen LogP contribution in [0, 0.1) is 0 Å². The number of carbonyl (C=O) groups is 1. The summed E-state index contributed by atoms with van der Waals surface area (Å²) in [5, 5.41) is 8.96. The van der Waals surface area contributed by atoms with Crippen LogP contribution < -0.4 is 10.1 Å². The van der Waals surface area contributed by atoms with Gasteiger partial charge in [0, 0.05) is 4.47 Å². The second-order valence-corrected chi connectivity index (χ2v) is 6.31. The molecule has 2 rings (SSSR count). The van der Waals surface area contributed by atoms with E-state index in [2.05, 4.69) is 52.4 Å². The van der Waals surface area contributed by atoms with Crippen LogP contribution in [0.1, 0.15) is 16.6 Å². The van der Waals surface area contributed by atoms with Crippen LogP contribution in [-0.2, 0) is 0 Å². The number of thiophene rings is 1. The number of nitrogens with one attached hydrogen (secondary N) is 2. The molecule has 18 heavy (non-hydrogen) atoms. The molecule has 0 aliphatic rings. The highest BCUT2D eigenvalue weighted by molar-refractivity contribution is 9.13. The first kappa shape index (κ1) is 13.5. The Hall–Kier alpha value is -0.930. The van der Waals surface area contributed by atoms with Gasteiger partial charge in [-0.05, 0) is 44.8 Å². The molecule has 96 valence electrons. The van der Waals surface area contributed by atoms with Gasteiger partial charge < -0.3 is 4.74 Å². The largest absolute Gasteiger partial charge is 0.463 e. The average Bonchev–Trinajstić information content (AvgIpc) is 2.88. The minimum atomic E-state index is -0.259. The smallest absolute Gasteiger partial charge is 0.337 e. The van der Waals surface area contributed by atoms with Crippen molar-refractivity contribution in [2.75, 3.05) is 11.9 Å². The van der Waals surface area contributed by atoms with Crippen LogP contribution in [0.5, 0.6) is 6.01 Å². The molecule has 0 radical (unpaired) electrons. The highest BCUT2D eigenvalue weighted by Gasteiger charge is 2.14. The summed E-state index contributed by atoms with van der Waals surface area (Å²) in [6, 6.07) is 1.94. The molecule has 0 fully saturated rings. The summed E-state index contributed by atoms with van der Waals surface area (Å²) in [7, 11) is 0. The summed E-state index contributed by atoms with van der Waals surface area (Å²) in [6.07, 6.45) is 0. The Balaban J connectivity index is 2.06. The van der Waals surface area contributed by atoms with E-state index in [1.54, 1.807) is 6.07 Å². The van der Waals surface area contributed by atoms with Crippen LogP contribution in [0.3, 0.4) is 0 Å². The lowest BCUT2D eigenvalue weighted by Crippen LogP contribution is -2.11. The Morgan fingerprint density at radius 1 is 1.61 bits per heavy atom. The van der Waals surface area contributed by atoms with Gasteiger partial charge in [0.1, 0.15) is 0 Å². The molecule has 0 spiro atoms. The van der Waals surface area contributed by atoms with Crippen LogP contribution in [-0.4, -0.2) is 27.7 Å². The number of aromatic amines is 1. The molecular weight excluding hydrogens is 388 g/mol. The van der Waals surface area contributed by atoms with Crippen molar-refractivity contribution in [3.63, 3.8) is 0 Å². The second kappa shape index (κ2) is 5.81. The van der Waals surface area contributed by atoms with Gasteiger partial charge in [0.05, 0.1) is 15.3 Å². The van der Waals surface area contributed by atoms with Gasteiger partial charge in [-0.3, -0.25) is 10.1 Å². The van der Waals surface area contributed by atoms with E-state index < -0.39 is 0 Å². The molecule has 6 nitrogen and oxygen atoms in total. The molecule has 0 saturated carbocycles. The van der Waals surface area contributed by atoms with Gasteiger partial charge in [-0.2, -0.15) is 4.98 Å². The molecule has 1 amide bonds. The van der Waals surface area contributed by atoms with Crippen LogP contribution >= 0.6 is 43.2 Å². The summed E-state index contributed by atoms with van der Waals surface area (Å²) in [5.74, 6) is -0.00491. The number of ether oxygens (including phenoxy) is 1. The lowest BCUT2D eigenvalue weighted by Gasteiger charge is -1.97. The van der Waals surface area contributed by atoms with Crippen molar-refractivity contribution in [3.8, 4) is 6.01 Å². The van der Waals surface area contributed by atoms with Crippen LogP contribution in [0.2, 0.25) is 0 Å². The van der Waals surface area contributed by atoms with Crippen LogP contribution in [0.4, 0.5) is 5.95 Å². The summed E-state index contributed by atoms with van der Waals surface area (Å²) >= 11 is 7.98. The maximum Gasteiger partial charge on any atom is 0.337 e. The van der Waals surface area contributed by atoms with Gasteiger partial charge >= 0.3 is 6.01 Å². The molecule has 2 N–H and O–H groups in total. The van der Waals surface area contributed by atoms with Crippen molar-refractivity contribution in [1.82, 2.24) is 15.2 Å². The highest BCUT2D eigenvalue weighted by Crippen LogP contribution is 2.32. The zero-order valence-electron chi connectivity index (χ0n) is 9.16. The zero-order valence-corrected chi connectivity index (χ0v) is 13.1. The SMILES string of the molecule is CCOc1n[nH]c(NC(=O)c2cc(Br)c(Br)s2)n1. The maximum absolute atomic E-state index is 11.9. The van der Waals surface area contributed by atoms with Crippen molar-refractivity contribution in [2.24, 2.45) is 0 Å². The molecule has 0 saturated heterocycles. The third-order valence-electron chi connectivity index (χ3n) is 1.84. The third kappa shape index (κ3) is 3.09. The first-order valence-electron chi connectivity index (χ1n) is 4.91. The normalized spacial score (nSPS) is 10.4. The molecular formula is C9H8Br2N4O2S. The molecule has 0 unspecified atom stereocenters. The molecule has 2 heterocycles. The quantitative estimate of drug-likeness (QED) is 0.833. The molecule has 0 bridgehead atoms. The van der Waals surface area contributed by atoms with E-state index in [0.717, 1.165) is 8.26 Å². The van der Waals surface area contributed by atoms with E-state index in [9.17, 15) is 4.79 Å². The summed E-state index contributed by atoms with van der Waals surface area (Å²) < 4.78 is 6.78. The fourth-order valence-corrected chi connectivity index (χ4v) is 3.05. The van der Waals surface area contributed by atoms with E-state index >= 15 is 0 Å². The number of halogens is 2. The van der Waals surface area contributed by atoms with Gasteiger partial charge in [-0.1, -0.05) is 0 Å². The van der Waals surface area contributed by atoms with Gasteiger partial charge in [0.15, 0.2) is 0 Å². The third-order valence-corrected chi connectivity index (χ3v) is 5.09. The van der Waals surface area contributed by atoms with Gasteiger partial charge in [0.2, 0.25) is 5.95 Å². The Bertz CT molecular complexity index is 549. The zero-order chi connectivity index (χ0) is 13.1. The predicted octanol–water partition coefficient (Wildman–Crippen LogP) is 3.04. The number of carbonyl (C=O) groups excluding carboxylic acids is 1. The highest BCUT2D eigenvalue weighted by atomic mass is 79.9. The Morgan fingerprint density at radius 2 is 2.39 bits per heavy atom. The average molecular weight is 396 g/mol. The topological polar surface area (TPSA) is 79.9 Å². The number of anilines is 1. The standard InChI is InChI=1S/C9H8Br2N4O2S/c1-2-17-9-13-8(14-15-9)12-7(16)5-3-4(10)6(11)18-5/h3H,2H2,1H3,(H2,12,13,14,15,16). The number of hydrogen-bond acceptors (Lipinski definition) is 5. The Labute approximate surface area is 123 Å². The number of rotatable bonds is 4. The number of amides is 1. The summed E-state index contributed by atoms with van der Waals surface area (Å²) in [4.78, 5) is 16.4. The van der Waals surface area contributed by atoms with E-state index in [1.165, 1.54) is 11.3 Å². The van der Waals surface area contributed by atoms with E-state index in [1.807, 2.05) is 6.92 Å².